The van der Waals surface area contributed by atoms with Crippen molar-refractivity contribution in [3.8, 4) is 0 Å². The first kappa shape index (κ1) is 10.7. The van der Waals surface area contributed by atoms with Gasteiger partial charge in [0.15, 0.2) is 11.0 Å². The predicted molar refractivity (Wildman–Crippen MR) is 57.7 cm³/mol. The maximum absolute atomic E-state index is 13.4. The molecule has 0 aliphatic heterocycles. The SMILES string of the molecule is CNc1ncc(F)c(Sc2ncccn2)n1. The highest BCUT2D eigenvalue weighted by Gasteiger charge is 2.09. The molecule has 0 fully saturated rings. The summed E-state index contributed by atoms with van der Waals surface area (Å²) in [5.74, 6) is -0.128. The molecule has 82 valence electrons. The lowest BCUT2D eigenvalue weighted by molar-refractivity contribution is 0.579. The van der Waals surface area contributed by atoms with Crippen molar-refractivity contribution in [1.82, 2.24) is 19.9 Å². The first-order valence-electron chi connectivity index (χ1n) is 4.45. The number of anilines is 1. The second kappa shape index (κ2) is 4.84. The highest BCUT2D eigenvalue weighted by Crippen LogP contribution is 2.24. The molecule has 2 heterocycles. The predicted octanol–water partition coefficient (Wildman–Crippen LogP) is 1.60. The second-order valence-corrected chi connectivity index (χ2v) is 3.69. The van der Waals surface area contributed by atoms with Gasteiger partial charge >= 0.3 is 0 Å². The summed E-state index contributed by atoms with van der Waals surface area (Å²) in [4.78, 5) is 15.7. The van der Waals surface area contributed by atoms with E-state index in [-0.39, 0.29) is 5.03 Å². The highest BCUT2D eigenvalue weighted by atomic mass is 32.2. The second-order valence-electron chi connectivity index (χ2n) is 2.73. The van der Waals surface area contributed by atoms with Crippen LogP contribution in [0.1, 0.15) is 0 Å². The van der Waals surface area contributed by atoms with E-state index < -0.39 is 5.82 Å². The molecule has 0 spiro atoms. The zero-order valence-corrected chi connectivity index (χ0v) is 9.20. The first-order chi connectivity index (χ1) is 7.79. The summed E-state index contributed by atoms with van der Waals surface area (Å²) in [6, 6.07) is 1.69. The van der Waals surface area contributed by atoms with Crippen molar-refractivity contribution in [3.05, 3.63) is 30.5 Å². The van der Waals surface area contributed by atoms with Crippen LogP contribution >= 0.6 is 11.8 Å². The van der Waals surface area contributed by atoms with Crippen LogP contribution in [0.4, 0.5) is 10.3 Å². The molecule has 5 nitrogen and oxygen atoms in total. The maximum atomic E-state index is 13.4. The summed E-state index contributed by atoms with van der Waals surface area (Å²) < 4.78 is 13.4. The van der Waals surface area contributed by atoms with E-state index in [9.17, 15) is 4.39 Å². The number of aromatic nitrogens is 4. The normalized spacial score (nSPS) is 10.1. The highest BCUT2D eigenvalue weighted by molar-refractivity contribution is 7.99. The van der Waals surface area contributed by atoms with Crippen LogP contribution < -0.4 is 5.32 Å². The standard InChI is InChI=1S/C9H8FN5S/c1-11-8-14-5-6(10)7(15-8)16-9-12-3-2-4-13-9/h2-5H,1H3,(H,11,14,15). The van der Waals surface area contributed by atoms with Crippen LogP contribution in [0.2, 0.25) is 0 Å². The number of nitrogens with zero attached hydrogens (tertiary/aromatic N) is 4. The molecule has 0 atom stereocenters. The molecule has 16 heavy (non-hydrogen) atoms. The lowest BCUT2D eigenvalue weighted by Gasteiger charge is -2.02. The largest absolute Gasteiger partial charge is 0.357 e. The Balaban J connectivity index is 2.27. The van der Waals surface area contributed by atoms with Gasteiger partial charge in [0.25, 0.3) is 0 Å². The van der Waals surface area contributed by atoms with E-state index in [2.05, 4.69) is 25.3 Å². The van der Waals surface area contributed by atoms with Crippen molar-refractivity contribution >= 4 is 17.7 Å². The molecule has 0 amide bonds. The Morgan fingerprint density at radius 2 is 2.00 bits per heavy atom. The number of hydrogen-bond donors (Lipinski definition) is 1. The van der Waals surface area contributed by atoms with Gasteiger partial charge in [0.2, 0.25) is 5.95 Å². The fraction of sp³-hybridized carbons (Fsp3) is 0.111. The van der Waals surface area contributed by atoms with Crippen LogP contribution in [-0.4, -0.2) is 27.0 Å². The topological polar surface area (TPSA) is 63.6 Å². The molecule has 7 heteroatoms. The van der Waals surface area contributed by atoms with E-state index in [1.54, 1.807) is 25.5 Å². The van der Waals surface area contributed by atoms with Gasteiger partial charge in [-0.3, -0.25) is 0 Å². The van der Waals surface area contributed by atoms with Gasteiger partial charge in [0, 0.05) is 19.4 Å². The minimum absolute atomic E-state index is 0.200. The van der Waals surface area contributed by atoms with Gasteiger partial charge in [0.05, 0.1) is 6.20 Å². The van der Waals surface area contributed by atoms with Crippen LogP contribution in [0.5, 0.6) is 0 Å². The fourth-order valence-corrected chi connectivity index (χ4v) is 1.65. The summed E-state index contributed by atoms with van der Waals surface area (Å²) >= 11 is 1.06. The average Bonchev–Trinajstić information content (AvgIpc) is 2.33. The fourth-order valence-electron chi connectivity index (χ4n) is 0.968. The van der Waals surface area contributed by atoms with E-state index in [4.69, 9.17) is 0 Å². The van der Waals surface area contributed by atoms with Crippen LogP contribution in [0.3, 0.4) is 0 Å². The number of hydrogen-bond acceptors (Lipinski definition) is 6. The van der Waals surface area contributed by atoms with Gasteiger partial charge in [-0.05, 0) is 17.8 Å². The Morgan fingerprint density at radius 3 is 2.69 bits per heavy atom. The summed E-state index contributed by atoms with van der Waals surface area (Å²) in [5.41, 5.74) is 0. The number of halogens is 1. The van der Waals surface area contributed by atoms with Gasteiger partial charge in [0.1, 0.15) is 5.03 Å². The summed E-state index contributed by atoms with van der Waals surface area (Å²) in [6.07, 6.45) is 4.30. The Hall–Kier alpha value is -1.76. The smallest absolute Gasteiger partial charge is 0.223 e. The van der Waals surface area contributed by atoms with Crippen molar-refractivity contribution in [2.75, 3.05) is 12.4 Å². The third-order valence-corrected chi connectivity index (χ3v) is 2.54. The molecule has 2 aromatic rings. The third kappa shape index (κ3) is 2.43. The lowest BCUT2D eigenvalue weighted by atomic mass is 10.6. The molecule has 0 saturated heterocycles. The minimum atomic E-state index is -0.489. The van der Waals surface area contributed by atoms with Gasteiger partial charge in [-0.1, -0.05) is 0 Å². The molecule has 2 aromatic heterocycles. The van der Waals surface area contributed by atoms with Crippen LogP contribution in [0.25, 0.3) is 0 Å². The van der Waals surface area contributed by atoms with Gasteiger partial charge in [-0.2, -0.15) is 0 Å². The Kier molecular flexibility index (Phi) is 3.25. The molecule has 2 rings (SSSR count). The molecule has 0 saturated carbocycles. The van der Waals surface area contributed by atoms with Gasteiger partial charge < -0.3 is 5.32 Å². The van der Waals surface area contributed by atoms with E-state index in [0.717, 1.165) is 18.0 Å². The number of nitrogens with one attached hydrogen (secondary N) is 1. The molecule has 1 N–H and O–H groups in total. The Bertz CT molecular complexity index is 479. The molecular formula is C9H8FN5S. The van der Waals surface area contributed by atoms with Crippen LogP contribution in [0, 0.1) is 5.82 Å². The molecule has 0 radical (unpaired) electrons. The van der Waals surface area contributed by atoms with E-state index in [1.165, 1.54) is 0 Å². The summed E-state index contributed by atoms with van der Waals surface area (Å²) in [5, 5.41) is 3.38. The van der Waals surface area contributed by atoms with E-state index >= 15 is 0 Å². The summed E-state index contributed by atoms with van der Waals surface area (Å²) in [6.45, 7) is 0. The number of rotatable bonds is 3. The molecular weight excluding hydrogens is 229 g/mol. The van der Waals surface area contributed by atoms with Crippen molar-refractivity contribution < 1.29 is 4.39 Å². The van der Waals surface area contributed by atoms with Gasteiger partial charge in [-0.15, -0.1) is 0 Å². The lowest BCUT2D eigenvalue weighted by Crippen LogP contribution is -1.99. The molecule has 0 bridgehead atoms. The van der Waals surface area contributed by atoms with Crippen LogP contribution in [0.15, 0.2) is 34.8 Å². The van der Waals surface area contributed by atoms with Crippen molar-refractivity contribution in [2.24, 2.45) is 0 Å². The first-order valence-corrected chi connectivity index (χ1v) is 5.26. The van der Waals surface area contributed by atoms with Crippen LogP contribution in [-0.2, 0) is 0 Å². The van der Waals surface area contributed by atoms with E-state index in [1.807, 2.05) is 0 Å². The Morgan fingerprint density at radius 1 is 1.25 bits per heavy atom. The minimum Gasteiger partial charge on any atom is -0.357 e. The molecule has 0 aliphatic carbocycles. The molecule has 0 aliphatic rings. The zero-order chi connectivity index (χ0) is 11.4. The third-order valence-electron chi connectivity index (χ3n) is 1.67. The quantitative estimate of drug-likeness (QED) is 0.646. The van der Waals surface area contributed by atoms with Gasteiger partial charge in [-0.25, -0.2) is 24.3 Å². The summed E-state index contributed by atoms with van der Waals surface area (Å²) in [7, 11) is 1.67. The van der Waals surface area contributed by atoms with Crippen molar-refractivity contribution in [3.63, 3.8) is 0 Å². The Labute approximate surface area is 95.6 Å². The van der Waals surface area contributed by atoms with E-state index in [0.29, 0.717) is 11.1 Å². The monoisotopic (exact) mass is 237 g/mol. The molecule has 0 unspecified atom stereocenters. The molecule has 0 aromatic carbocycles. The zero-order valence-electron chi connectivity index (χ0n) is 8.38. The average molecular weight is 237 g/mol. The van der Waals surface area contributed by atoms with Crippen molar-refractivity contribution in [1.29, 1.82) is 0 Å². The maximum Gasteiger partial charge on any atom is 0.223 e. The van der Waals surface area contributed by atoms with Crippen molar-refractivity contribution in [2.45, 2.75) is 10.2 Å².